The zero-order valence-corrected chi connectivity index (χ0v) is 15.1. The molecule has 0 unspecified atom stereocenters. The number of methoxy groups -OCH3 is 2. The molecule has 1 N–H and O–H groups in total. The lowest BCUT2D eigenvalue weighted by molar-refractivity contribution is -0.117. The minimum atomic E-state index is -0.571. The molecule has 5 nitrogen and oxygen atoms in total. The zero-order valence-electron chi connectivity index (χ0n) is 14.3. The van der Waals surface area contributed by atoms with E-state index < -0.39 is 5.82 Å². The van der Waals surface area contributed by atoms with E-state index in [4.69, 9.17) is 21.1 Å². The van der Waals surface area contributed by atoms with Crippen LogP contribution in [0.1, 0.15) is 5.56 Å². The van der Waals surface area contributed by atoms with E-state index in [1.165, 1.54) is 12.1 Å². The van der Waals surface area contributed by atoms with Crippen LogP contribution in [0.15, 0.2) is 36.4 Å². The van der Waals surface area contributed by atoms with Gasteiger partial charge in [0.25, 0.3) is 0 Å². The number of ether oxygens (including phenoxy) is 2. The fourth-order valence-electron chi connectivity index (χ4n) is 2.45. The molecule has 0 saturated carbocycles. The van der Waals surface area contributed by atoms with E-state index in [9.17, 15) is 9.18 Å². The number of anilines is 1. The summed E-state index contributed by atoms with van der Waals surface area (Å²) < 4.78 is 24.4. The normalized spacial score (nSPS) is 10.6. The first-order valence-corrected chi connectivity index (χ1v) is 7.95. The predicted molar refractivity (Wildman–Crippen MR) is 95.9 cm³/mol. The average molecular weight is 367 g/mol. The number of likely N-dealkylation sites (N-methyl/N-ethyl adjacent to an activating group) is 1. The number of halogens is 2. The molecule has 0 fully saturated rings. The smallest absolute Gasteiger partial charge is 0.238 e. The molecule has 0 aliphatic rings. The molecule has 0 atom stereocenters. The van der Waals surface area contributed by atoms with Gasteiger partial charge >= 0.3 is 0 Å². The predicted octanol–water partition coefficient (Wildman–Crippen LogP) is 3.57. The molecule has 2 rings (SSSR count). The van der Waals surface area contributed by atoms with Crippen LogP contribution in [0.5, 0.6) is 11.5 Å². The van der Waals surface area contributed by atoms with Crippen molar-refractivity contribution in [1.29, 1.82) is 0 Å². The summed E-state index contributed by atoms with van der Waals surface area (Å²) in [7, 11) is 4.92. The van der Waals surface area contributed by atoms with Gasteiger partial charge in [0.05, 0.1) is 26.5 Å². The van der Waals surface area contributed by atoms with Crippen LogP contribution >= 0.6 is 11.6 Å². The molecule has 0 spiro atoms. The summed E-state index contributed by atoms with van der Waals surface area (Å²) in [4.78, 5) is 13.9. The van der Waals surface area contributed by atoms with Crippen molar-refractivity contribution >= 4 is 23.2 Å². The maximum Gasteiger partial charge on any atom is 0.238 e. The summed E-state index contributed by atoms with van der Waals surface area (Å²) >= 11 is 5.70. The van der Waals surface area contributed by atoms with E-state index in [0.29, 0.717) is 18.0 Å². The van der Waals surface area contributed by atoms with Crippen molar-refractivity contribution in [3.05, 3.63) is 52.8 Å². The number of para-hydroxylation sites is 1. The number of nitrogens with one attached hydrogen (secondary N) is 1. The molecule has 134 valence electrons. The summed E-state index contributed by atoms with van der Waals surface area (Å²) in [5, 5.41) is 2.81. The van der Waals surface area contributed by atoms with E-state index in [0.717, 1.165) is 11.6 Å². The maximum absolute atomic E-state index is 13.7. The summed E-state index contributed by atoms with van der Waals surface area (Å²) in [6.07, 6.45) is 0. The minimum Gasteiger partial charge on any atom is -0.493 e. The van der Waals surface area contributed by atoms with E-state index in [1.807, 2.05) is 12.1 Å². The summed E-state index contributed by atoms with van der Waals surface area (Å²) in [6.45, 7) is 0.555. The second-order valence-electron chi connectivity index (χ2n) is 5.50. The van der Waals surface area contributed by atoms with Crippen molar-refractivity contribution < 1.29 is 18.7 Å². The maximum atomic E-state index is 13.7. The molecule has 2 aromatic rings. The third-order valence-corrected chi connectivity index (χ3v) is 3.78. The van der Waals surface area contributed by atoms with Gasteiger partial charge < -0.3 is 14.8 Å². The molecular weight excluding hydrogens is 347 g/mol. The fourth-order valence-corrected chi connectivity index (χ4v) is 2.61. The number of carbonyl (C=O) groups excluding carboxylic acids is 1. The van der Waals surface area contributed by atoms with Gasteiger partial charge in [-0.3, -0.25) is 9.69 Å². The Kier molecular flexibility index (Phi) is 6.61. The first kappa shape index (κ1) is 19.0. The van der Waals surface area contributed by atoms with Gasteiger partial charge in [-0.05, 0) is 31.3 Å². The van der Waals surface area contributed by atoms with Crippen molar-refractivity contribution in [1.82, 2.24) is 4.90 Å². The molecule has 0 bridgehead atoms. The van der Waals surface area contributed by atoms with E-state index >= 15 is 0 Å². The Morgan fingerprint density at radius 2 is 2.00 bits per heavy atom. The standard InChI is InChI=1S/C18H20ClFN2O3/c1-22(10-12-5-4-6-16(24-2)18(12)25-3)11-17(23)21-15-8-7-13(19)9-14(15)20/h4-9H,10-11H2,1-3H3,(H,21,23). The lowest BCUT2D eigenvalue weighted by Crippen LogP contribution is -2.30. The quantitative estimate of drug-likeness (QED) is 0.814. The van der Waals surface area contributed by atoms with Crippen molar-refractivity contribution in [3.8, 4) is 11.5 Å². The number of hydrogen-bond acceptors (Lipinski definition) is 4. The van der Waals surface area contributed by atoms with Crippen molar-refractivity contribution in [2.24, 2.45) is 0 Å². The third kappa shape index (κ3) is 5.08. The van der Waals surface area contributed by atoms with Gasteiger partial charge in [-0.25, -0.2) is 4.39 Å². The van der Waals surface area contributed by atoms with Crippen LogP contribution in [0.2, 0.25) is 5.02 Å². The second-order valence-corrected chi connectivity index (χ2v) is 5.93. The van der Waals surface area contributed by atoms with Gasteiger partial charge in [-0.2, -0.15) is 0 Å². The lowest BCUT2D eigenvalue weighted by atomic mass is 10.1. The summed E-state index contributed by atoms with van der Waals surface area (Å²) in [5.41, 5.74) is 0.983. The molecule has 0 heterocycles. The van der Waals surface area contributed by atoms with Gasteiger partial charge in [-0.1, -0.05) is 23.7 Å². The lowest BCUT2D eigenvalue weighted by Gasteiger charge is -2.19. The minimum absolute atomic E-state index is 0.0857. The van der Waals surface area contributed by atoms with E-state index in [2.05, 4.69) is 5.32 Å². The SMILES string of the molecule is COc1cccc(CN(C)CC(=O)Nc2ccc(Cl)cc2F)c1OC. The summed E-state index contributed by atoms with van der Waals surface area (Å²) in [6, 6.07) is 9.66. The number of hydrogen-bond donors (Lipinski definition) is 1. The highest BCUT2D eigenvalue weighted by molar-refractivity contribution is 6.30. The Hall–Kier alpha value is -2.31. The Morgan fingerprint density at radius 3 is 2.64 bits per heavy atom. The average Bonchev–Trinajstić information content (AvgIpc) is 2.57. The number of carbonyl (C=O) groups is 1. The van der Waals surface area contributed by atoms with Crippen LogP contribution in [-0.4, -0.2) is 38.6 Å². The van der Waals surface area contributed by atoms with E-state index in [-0.39, 0.29) is 23.2 Å². The number of rotatable bonds is 7. The Morgan fingerprint density at radius 1 is 1.24 bits per heavy atom. The highest BCUT2D eigenvalue weighted by atomic mass is 35.5. The second kappa shape index (κ2) is 8.69. The van der Waals surface area contributed by atoms with Crippen LogP contribution in [0.4, 0.5) is 10.1 Å². The van der Waals surface area contributed by atoms with Crippen LogP contribution in [0.3, 0.4) is 0 Å². The molecule has 7 heteroatoms. The third-order valence-electron chi connectivity index (χ3n) is 3.54. The van der Waals surface area contributed by atoms with Crippen molar-refractivity contribution in [2.75, 3.05) is 33.1 Å². The molecule has 2 aromatic carbocycles. The fraction of sp³-hybridized carbons (Fsp3) is 0.278. The van der Waals surface area contributed by atoms with Gasteiger partial charge in [0, 0.05) is 17.1 Å². The first-order valence-electron chi connectivity index (χ1n) is 7.58. The molecule has 0 aromatic heterocycles. The van der Waals surface area contributed by atoms with Crippen LogP contribution in [0.25, 0.3) is 0 Å². The summed E-state index contributed by atoms with van der Waals surface area (Å²) in [5.74, 6) is 0.352. The van der Waals surface area contributed by atoms with Crippen LogP contribution in [-0.2, 0) is 11.3 Å². The zero-order chi connectivity index (χ0) is 18.4. The molecule has 0 saturated heterocycles. The molecule has 0 aliphatic heterocycles. The number of benzene rings is 2. The van der Waals surface area contributed by atoms with Crippen LogP contribution < -0.4 is 14.8 Å². The monoisotopic (exact) mass is 366 g/mol. The highest BCUT2D eigenvalue weighted by Gasteiger charge is 2.14. The van der Waals surface area contributed by atoms with Gasteiger partial charge in [-0.15, -0.1) is 0 Å². The molecular formula is C18H20ClFN2O3. The first-order chi connectivity index (χ1) is 11.9. The molecule has 0 aliphatic carbocycles. The largest absolute Gasteiger partial charge is 0.493 e. The number of amides is 1. The van der Waals surface area contributed by atoms with E-state index in [1.54, 1.807) is 32.2 Å². The van der Waals surface area contributed by atoms with Gasteiger partial charge in [0.15, 0.2) is 11.5 Å². The number of nitrogens with zero attached hydrogens (tertiary/aromatic N) is 1. The Balaban J connectivity index is 2.00. The highest BCUT2D eigenvalue weighted by Crippen LogP contribution is 2.31. The Labute approximate surface area is 151 Å². The van der Waals surface area contributed by atoms with Crippen molar-refractivity contribution in [3.63, 3.8) is 0 Å². The van der Waals surface area contributed by atoms with Gasteiger partial charge in [0.2, 0.25) is 5.91 Å². The Bertz CT molecular complexity index is 755. The molecule has 25 heavy (non-hydrogen) atoms. The topological polar surface area (TPSA) is 50.8 Å². The molecule has 0 radical (unpaired) electrons. The van der Waals surface area contributed by atoms with Crippen LogP contribution in [0, 0.1) is 5.82 Å². The van der Waals surface area contributed by atoms with Crippen molar-refractivity contribution in [2.45, 2.75) is 6.54 Å². The van der Waals surface area contributed by atoms with Gasteiger partial charge in [0.1, 0.15) is 5.82 Å². The molecule has 1 amide bonds.